The number of halogens is 2. The topological polar surface area (TPSA) is 0 Å². The van der Waals surface area contributed by atoms with Crippen molar-refractivity contribution in [3.8, 4) is 0 Å². The number of rotatable bonds is 4. The SMILES string of the molecule is CC1=C2c3c(C(C)C)cc(C(C)C)cc3[CH]1[Zr]([Cl])([Cl])[CH]1C(C)=C(c3c(C(C)C)cc(C(C)C)cc31)[Si]2(C)C. The second-order valence-corrected chi connectivity index (χ2v) is 33.0. The Kier molecular flexibility index (Phi) is 7.33. The van der Waals surface area contributed by atoms with Crippen LogP contribution in [0, 0.1) is 0 Å². The molecule has 2 atom stereocenters. The molecule has 0 saturated carbocycles. The molecule has 2 unspecified atom stereocenters. The van der Waals surface area contributed by atoms with E-state index >= 15 is 0 Å². The van der Waals surface area contributed by atoms with Crippen molar-refractivity contribution in [1.82, 2.24) is 0 Å². The molecule has 204 valence electrons. The Hall–Kier alpha value is -0.400. The van der Waals surface area contributed by atoms with Gasteiger partial charge in [-0.3, -0.25) is 0 Å². The average molecular weight is 645 g/mol. The molecular weight excluding hydrogens is 599 g/mol. The molecule has 0 radical (unpaired) electrons. The Morgan fingerprint density at radius 2 is 0.947 bits per heavy atom. The first-order chi connectivity index (χ1) is 17.5. The summed E-state index contributed by atoms with van der Waals surface area (Å²) in [6.45, 7) is 28.8. The quantitative estimate of drug-likeness (QED) is 0.291. The van der Waals surface area contributed by atoms with Crippen molar-refractivity contribution in [3.05, 3.63) is 79.9 Å². The molecule has 0 fully saturated rings. The van der Waals surface area contributed by atoms with Crippen LogP contribution < -0.4 is 0 Å². The molecule has 4 bridgehead atoms. The third kappa shape index (κ3) is 3.97. The summed E-state index contributed by atoms with van der Waals surface area (Å²) in [7, 11) is 13.9. The van der Waals surface area contributed by atoms with E-state index in [-0.39, 0.29) is 7.25 Å². The summed E-state index contributed by atoms with van der Waals surface area (Å²) in [5.74, 6) is 1.89. The summed E-state index contributed by atoms with van der Waals surface area (Å²) in [6.07, 6.45) is 0. The van der Waals surface area contributed by atoms with Crippen LogP contribution in [-0.2, 0) is 17.9 Å². The van der Waals surface area contributed by atoms with Crippen LogP contribution in [0.1, 0.15) is 145 Å². The van der Waals surface area contributed by atoms with Crippen molar-refractivity contribution in [2.45, 2.75) is 113 Å². The van der Waals surface area contributed by atoms with Gasteiger partial charge in [-0.1, -0.05) is 0 Å². The molecule has 0 aromatic heterocycles. The van der Waals surface area contributed by atoms with Gasteiger partial charge in [-0.15, -0.1) is 0 Å². The van der Waals surface area contributed by atoms with Crippen molar-refractivity contribution in [2.75, 3.05) is 0 Å². The molecule has 0 spiro atoms. The second-order valence-electron chi connectivity index (χ2n) is 14.0. The van der Waals surface area contributed by atoms with E-state index in [1.54, 1.807) is 10.4 Å². The van der Waals surface area contributed by atoms with Gasteiger partial charge in [0.1, 0.15) is 0 Å². The van der Waals surface area contributed by atoms with E-state index in [0.717, 1.165) is 0 Å². The molecule has 0 nitrogen and oxygen atoms in total. The zero-order valence-corrected chi connectivity index (χ0v) is 30.5. The molecule has 0 N–H and O–H groups in total. The van der Waals surface area contributed by atoms with E-state index in [9.17, 15) is 0 Å². The zero-order chi connectivity index (χ0) is 28.2. The van der Waals surface area contributed by atoms with Gasteiger partial charge in [0, 0.05) is 0 Å². The number of hydrogen-bond acceptors (Lipinski definition) is 0. The first-order valence-corrected chi connectivity index (χ1v) is 26.9. The predicted octanol–water partition coefficient (Wildman–Crippen LogP) is 11.8. The van der Waals surface area contributed by atoms with E-state index in [1.165, 1.54) is 55.7 Å². The van der Waals surface area contributed by atoms with Crippen molar-refractivity contribution < 1.29 is 17.9 Å². The van der Waals surface area contributed by atoms with Crippen molar-refractivity contribution in [2.24, 2.45) is 0 Å². The summed E-state index contributed by atoms with van der Waals surface area (Å²) in [5, 5.41) is 3.28. The average Bonchev–Trinajstić information content (AvgIpc) is 3.28. The van der Waals surface area contributed by atoms with E-state index < -0.39 is 26.0 Å². The number of fused-ring (bicyclic) bond motifs is 8. The second kappa shape index (κ2) is 9.58. The third-order valence-electron chi connectivity index (χ3n) is 9.82. The summed E-state index contributed by atoms with van der Waals surface area (Å²) in [5.41, 5.74) is 14.9. The van der Waals surface area contributed by atoms with Crippen molar-refractivity contribution >= 4 is 35.5 Å². The van der Waals surface area contributed by atoms with E-state index in [1.807, 2.05) is 0 Å². The third-order valence-corrected chi connectivity index (χ3v) is 26.2. The molecule has 38 heavy (non-hydrogen) atoms. The minimum atomic E-state index is -3.92. The van der Waals surface area contributed by atoms with Crippen LogP contribution in [0.15, 0.2) is 35.4 Å². The number of hydrogen-bond donors (Lipinski definition) is 0. The van der Waals surface area contributed by atoms with Gasteiger partial charge >= 0.3 is 247 Å². The van der Waals surface area contributed by atoms with Gasteiger partial charge in [-0.05, 0) is 0 Å². The monoisotopic (exact) mass is 642 g/mol. The molecule has 5 rings (SSSR count). The Morgan fingerprint density at radius 1 is 0.605 bits per heavy atom. The van der Waals surface area contributed by atoms with Crippen molar-refractivity contribution in [3.63, 3.8) is 0 Å². The van der Waals surface area contributed by atoms with Crippen LogP contribution in [0.5, 0.6) is 0 Å². The molecule has 0 saturated heterocycles. The number of allylic oxidation sites excluding steroid dienone is 2. The normalized spacial score (nSPS) is 23.1. The number of benzene rings is 2. The predicted molar refractivity (Wildman–Crippen MR) is 169 cm³/mol. The molecular formula is C34H46Cl2SiZr. The van der Waals surface area contributed by atoms with Crippen LogP contribution in [0.4, 0.5) is 0 Å². The maximum absolute atomic E-state index is 8.02. The summed E-state index contributed by atoms with van der Waals surface area (Å²) >= 11 is -3.92. The van der Waals surface area contributed by atoms with Gasteiger partial charge in [0.25, 0.3) is 0 Å². The first kappa shape index (κ1) is 29.1. The minimum absolute atomic E-state index is 0.207. The molecule has 2 aromatic rings. The van der Waals surface area contributed by atoms with Gasteiger partial charge in [0.2, 0.25) is 0 Å². The molecule has 2 aliphatic carbocycles. The van der Waals surface area contributed by atoms with E-state index in [0.29, 0.717) is 23.7 Å². The summed E-state index contributed by atoms with van der Waals surface area (Å²) in [4.78, 5) is 0. The van der Waals surface area contributed by atoms with Gasteiger partial charge in [0.15, 0.2) is 0 Å². The first-order valence-electron chi connectivity index (χ1n) is 14.7. The molecule has 3 aliphatic rings. The molecule has 1 heterocycles. The fourth-order valence-electron chi connectivity index (χ4n) is 8.08. The molecule has 4 heteroatoms. The van der Waals surface area contributed by atoms with Crippen molar-refractivity contribution in [1.29, 1.82) is 0 Å². The molecule has 0 amide bonds. The van der Waals surface area contributed by atoms with E-state index in [2.05, 4.69) is 107 Å². The zero-order valence-electron chi connectivity index (χ0n) is 25.5. The molecule has 1 aliphatic heterocycles. The van der Waals surface area contributed by atoms with Crippen LogP contribution in [0.2, 0.25) is 13.1 Å². The molecule has 2 aromatic carbocycles. The van der Waals surface area contributed by atoms with Gasteiger partial charge < -0.3 is 0 Å². The van der Waals surface area contributed by atoms with Gasteiger partial charge in [-0.25, -0.2) is 0 Å². The fourth-order valence-corrected chi connectivity index (χ4v) is 27.3. The van der Waals surface area contributed by atoms with E-state index in [4.69, 9.17) is 17.0 Å². The Balaban J connectivity index is 1.93. The summed E-state index contributed by atoms with van der Waals surface area (Å²) < 4.78 is 0.413. The fraction of sp³-hybridized carbons (Fsp3) is 0.529. The Bertz CT molecular complexity index is 1300. The summed E-state index contributed by atoms with van der Waals surface area (Å²) in [6, 6.07) is 10.0. The van der Waals surface area contributed by atoms with Gasteiger partial charge in [-0.2, -0.15) is 0 Å². The standard InChI is InChI=1S/C34H46Si.2ClH.Zr/c1-19(2)25-15-27-13-23(9)33(31(27)29(17-25)21(5)6)35(11,12)34-24(10)14-28-16-26(20(3)4)18-30(22(7)8)32(28)34;;;/h13-22H,1-12H3;2*1H;/q;;;+2/p-2. The Labute approximate surface area is 244 Å². The maximum atomic E-state index is 8.02. The van der Waals surface area contributed by atoms with Crippen LogP contribution in [0.3, 0.4) is 0 Å². The Morgan fingerprint density at radius 3 is 1.24 bits per heavy atom. The van der Waals surface area contributed by atoms with Gasteiger partial charge in [0.05, 0.1) is 0 Å². The van der Waals surface area contributed by atoms with Crippen LogP contribution >= 0.6 is 17.0 Å². The van der Waals surface area contributed by atoms with Crippen LogP contribution in [-0.4, -0.2) is 8.07 Å². The van der Waals surface area contributed by atoms with Crippen LogP contribution in [0.25, 0.3) is 10.4 Å².